The van der Waals surface area contributed by atoms with Gasteiger partial charge in [-0.1, -0.05) is 18.2 Å². The monoisotopic (exact) mass is 378 g/mol. The maximum Gasteiger partial charge on any atom is 0.226 e. The third-order valence-electron chi connectivity index (χ3n) is 5.18. The predicted molar refractivity (Wildman–Crippen MR) is 109 cm³/mol. The Balaban J connectivity index is 1.42. The van der Waals surface area contributed by atoms with Gasteiger partial charge in [0.05, 0.1) is 12.8 Å². The molecular weight excluding hydrogens is 352 g/mol. The number of hydrogen-bond acceptors (Lipinski definition) is 5. The van der Waals surface area contributed by atoms with Crippen molar-refractivity contribution in [3.05, 3.63) is 65.0 Å². The summed E-state index contributed by atoms with van der Waals surface area (Å²) in [6, 6.07) is 14.2. The van der Waals surface area contributed by atoms with Gasteiger partial charge in [0, 0.05) is 25.1 Å². The molecule has 0 amide bonds. The van der Waals surface area contributed by atoms with Crippen LogP contribution in [0.1, 0.15) is 22.6 Å². The Morgan fingerprint density at radius 1 is 1.18 bits per heavy atom. The van der Waals surface area contributed by atoms with Crippen LogP contribution >= 0.6 is 0 Å². The first-order valence-electron chi connectivity index (χ1n) is 9.58. The van der Waals surface area contributed by atoms with Crippen molar-refractivity contribution in [1.29, 1.82) is 0 Å². The van der Waals surface area contributed by atoms with E-state index in [1.54, 1.807) is 7.11 Å². The lowest BCUT2D eigenvalue weighted by molar-refractivity contribution is 0.164. The molecular formula is C23H26N2O3. The molecule has 1 aliphatic rings. The van der Waals surface area contributed by atoms with E-state index in [-0.39, 0.29) is 6.10 Å². The van der Waals surface area contributed by atoms with E-state index in [1.807, 2.05) is 44.2 Å². The van der Waals surface area contributed by atoms with Gasteiger partial charge in [0.15, 0.2) is 0 Å². The van der Waals surface area contributed by atoms with Crippen molar-refractivity contribution >= 4 is 0 Å². The molecule has 3 aromatic rings. The molecule has 0 spiro atoms. The number of methoxy groups -OCH3 is 1. The van der Waals surface area contributed by atoms with E-state index >= 15 is 0 Å². The van der Waals surface area contributed by atoms with Crippen LogP contribution in [0, 0.1) is 13.8 Å². The number of aryl methyl sites for hydroxylation is 2. The van der Waals surface area contributed by atoms with Gasteiger partial charge in [-0.3, -0.25) is 4.90 Å². The number of benzene rings is 2. The second-order valence-electron chi connectivity index (χ2n) is 7.45. The Hall–Kier alpha value is -2.79. The molecule has 0 fully saturated rings. The second-order valence-corrected chi connectivity index (χ2v) is 7.45. The van der Waals surface area contributed by atoms with Gasteiger partial charge in [0.1, 0.15) is 23.4 Å². The molecule has 28 heavy (non-hydrogen) atoms. The standard InChI is InChI=1S/C23H26N2O3/c1-15-11-18(9-10-21(15)26-4)23-24-20(16(2)27-23)14-25(3)13-19-12-17-7-5-6-8-22(17)28-19/h5-11,19H,12-14H2,1-4H3/t19-/m1/s1. The fourth-order valence-corrected chi connectivity index (χ4v) is 3.73. The average Bonchev–Trinajstić information content (AvgIpc) is 3.24. The highest BCUT2D eigenvalue weighted by atomic mass is 16.5. The minimum atomic E-state index is 0.179. The van der Waals surface area contributed by atoms with Crippen LogP contribution in [0.2, 0.25) is 0 Å². The molecule has 2 heterocycles. The van der Waals surface area contributed by atoms with Crippen molar-refractivity contribution < 1.29 is 13.9 Å². The van der Waals surface area contributed by atoms with Gasteiger partial charge >= 0.3 is 0 Å². The fraction of sp³-hybridized carbons (Fsp3) is 0.348. The number of likely N-dealkylation sites (N-methyl/N-ethyl adjacent to an activating group) is 1. The van der Waals surface area contributed by atoms with E-state index in [1.165, 1.54) is 5.56 Å². The molecule has 5 nitrogen and oxygen atoms in total. The zero-order valence-corrected chi connectivity index (χ0v) is 16.9. The largest absolute Gasteiger partial charge is 0.496 e. The van der Waals surface area contributed by atoms with Crippen LogP contribution in [0.5, 0.6) is 11.5 Å². The summed E-state index contributed by atoms with van der Waals surface area (Å²) in [6.45, 7) is 5.56. The Morgan fingerprint density at radius 2 is 2.00 bits per heavy atom. The molecule has 2 aromatic carbocycles. The molecule has 0 saturated heterocycles. The minimum absolute atomic E-state index is 0.179. The summed E-state index contributed by atoms with van der Waals surface area (Å²) >= 11 is 0. The molecule has 0 aliphatic carbocycles. The van der Waals surface area contributed by atoms with Gasteiger partial charge in [-0.25, -0.2) is 4.98 Å². The Kier molecular flexibility index (Phi) is 5.09. The molecule has 1 atom stereocenters. The third-order valence-corrected chi connectivity index (χ3v) is 5.18. The maximum atomic E-state index is 6.06. The lowest BCUT2D eigenvalue weighted by atomic mass is 10.1. The SMILES string of the molecule is COc1ccc(-c2nc(CN(C)C[C@H]3Cc4ccccc4O3)c(C)o2)cc1C. The lowest BCUT2D eigenvalue weighted by Gasteiger charge is -2.19. The van der Waals surface area contributed by atoms with Gasteiger partial charge in [-0.15, -0.1) is 0 Å². The zero-order chi connectivity index (χ0) is 19.7. The molecule has 0 N–H and O–H groups in total. The molecule has 4 rings (SSSR count). The van der Waals surface area contributed by atoms with Crippen molar-refractivity contribution in [2.45, 2.75) is 32.9 Å². The smallest absolute Gasteiger partial charge is 0.226 e. The highest BCUT2D eigenvalue weighted by molar-refractivity contribution is 5.57. The Labute approximate surface area is 165 Å². The summed E-state index contributed by atoms with van der Waals surface area (Å²) in [6.07, 6.45) is 1.13. The highest BCUT2D eigenvalue weighted by Gasteiger charge is 2.24. The van der Waals surface area contributed by atoms with Crippen LogP contribution in [0.15, 0.2) is 46.9 Å². The lowest BCUT2D eigenvalue weighted by Crippen LogP contribution is -2.31. The van der Waals surface area contributed by atoms with E-state index in [2.05, 4.69) is 24.1 Å². The van der Waals surface area contributed by atoms with Gasteiger partial charge in [-0.05, 0) is 56.3 Å². The van der Waals surface area contributed by atoms with E-state index in [9.17, 15) is 0 Å². The molecule has 146 valence electrons. The molecule has 0 radical (unpaired) electrons. The van der Waals surface area contributed by atoms with Gasteiger partial charge < -0.3 is 13.9 Å². The van der Waals surface area contributed by atoms with Crippen LogP contribution in [-0.4, -0.2) is 36.7 Å². The second kappa shape index (κ2) is 7.68. The Morgan fingerprint density at radius 3 is 2.75 bits per heavy atom. The summed E-state index contributed by atoms with van der Waals surface area (Å²) in [4.78, 5) is 6.98. The number of para-hydroxylation sites is 1. The van der Waals surface area contributed by atoms with Gasteiger partial charge in [-0.2, -0.15) is 0 Å². The normalized spacial score (nSPS) is 15.5. The van der Waals surface area contributed by atoms with E-state index in [0.29, 0.717) is 5.89 Å². The first-order chi connectivity index (χ1) is 13.5. The molecule has 5 heteroatoms. The first-order valence-corrected chi connectivity index (χ1v) is 9.58. The first kappa shape index (κ1) is 18.6. The summed E-state index contributed by atoms with van der Waals surface area (Å²) in [7, 11) is 3.77. The van der Waals surface area contributed by atoms with Crippen LogP contribution < -0.4 is 9.47 Å². The van der Waals surface area contributed by atoms with Crippen molar-refractivity contribution in [1.82, 2.24) is 9.88 Å². The number of oxazole rings is 1. The number of nitrogens with zero attached hydrogens (tertiary/aromatic N) is 2. The number of fused-ring (bicyclic) bond motifs is 1. The van der Waals surface area contributed by atoms with Crippen LogP contribution in [-0.2, 0) is 13.0 Å². The number of aromatic nitrogens is 1. The summed E-state index contributed by atoms with van der Waals surface area (Å²) in [5.74, 6) is 3.38. The van der Waals surface area contributed by atoms with Gasteiger partial charge in [0.2, 0.25) is 5.89 Å². The van der Waals surface area contributed by atoms with Crippen molar-refractivity contribution in [3.8, 4) is 23.0 Å². The summed E-state index contributed by atoms with van der Waals surface area (Å²) < 4.78 is 17.3. The van der Waals surface area contributed by atoms with Crippen molar-refractivity contribution in [2.75, 3.05) is 20.7 Å². The molecule has 0 bridgehead atoms. The topological polar surface area (TPSA) is 47.7 Å². The predicted octanol–water partition coefficient (Wildman–Crippen LogP) is 4.40. The highest BCUT2D eigenvalue weighted by Crippen LogP contribution is 2.29. The van der Waals surface area contributed by atoms with E-state index in [4.69, 9.17) is 18.9 Å². The van der Waals surface area contributed by atoms with Crippen LogP contribution in [0.4, 0.5) is 0 Å². The molecule has 1 aliphatic heterocycles. The van der Waals surface area contributed by atoms with Crippen LogP contribution in [0.25, 0.3) is 11.5 Å². The molecule has 1 aromatic heterocycles. The van der Waals surface area contributed by atoms with Crippen LogP contribution in [0.3, 0.4) is 0 Å². The quantitative estimate of drug-likeness (QED) is 0.636. The van der Waals surface area contributed by atoms with Gasteiger partial charge in [0.25, 0.3) is 0 Å². The number of ether oxygens (including phenoxy) is 2. The summed E-state index contributed by atoms with van der Waals surface area (Å²) in [5.41, 5.74) is 4.27. The zero-order valence-electron chi connectivity index (χ0n) is 16.9. The maximum absolute atomic E-state index is 6.06. The van der Waals surface area contributed by atoms with E-state index < -0.39 is 0 Å². The van der Waals surface area contributed by atoms with Crippen molar-refractivity contribution in [2.24, 2.45) is 0 Å². The third kappa shape index (κ3) is 3.76. The van der Waals surface area contributed by atoms with E-state index in [0.717, 1.165) is 53.6 Å². The average molecular weight is 378 g/mol. The molecule has 0 saturated carbocycles. The Bertz CT molecular complexity index is 955. The molecule has 0 unspecified atom stereocenters. The number of rotatable bonds is 6. The summed E-state index contributed by atoms with van der Waals surface area (Å²) in [5, 5.41) is 0. The fourth-order valence-electron chi connectivity index (χ4n) is 3.73. The minimum Gasteiger partial charge on any atom is -0.496 e. The van der Waals surface area contributed by atoms with Crippen molar-refractivity contribution in [3.63, 3.8) is 0 Å². The number of hydrogen-bond donors (Lipinski definition) is 0.